The highest BCUT2D eigenvalue weighted by Crippen LogP contribution is 2.41. The Bertz CT molecular complexity index is 940. The highest BCUT2D eigenvalue weighted by molar-refractivity contribution is 5.75. The topological polar surface area (TPSA) is 117 Å². The van der Waals surface area contributed by atoms with Crippen molar-refractivity contribution in [1.82, 2.24) is 10.6 Å². The number of nitrogens with one attached hydrogen (secondary N) is 2. The Hall–Kier alpha value is -3.68. The monoisotopic (exact) mass is 384 g/mol. The fourth-order valence-electron chi connectivity index (χ4n) is 2.74. The fraction of sp³-hybridized carbons (Fsp3) is 0.200. The molecule has 0 aromatic heterocycles. The first kappa shape index (κ1) is 19.1. The van der Waals surface area contributed by atoms with E-state index in [1.807, 2.05) is 0 Å². The van der Waals surface area contributed by atoms with Gasteiger partial charge in [-0.3, -0.25) is 9.59 Å². The van der Waals surface area contributed by atoms with Gasteiger partial charge in [0.1, 0.15) is 0 Å². The maximum atomic E-state index is 11.6. The summed E-state index contributed by atoms with van der Waals surface area (Å²) >= 11 is 0. The number of benzene rings is 2. The summed E-state index contributed by atoms with van der Waals surface area (Å²) in [7, 11) is 0. The Morgan fingerprint density at radius 1 is 0.964 bits per heavy atom. The molecule has 0 fully saturated rings. The third-order valence-electron chi connectivity index (χ3n) is 3.99. The van der Waals surface area contributed by atoms with Crippen molar-refractivity contribution in [3.8, 4) is 23.0 Å². The highest BCUT2D eigenvalue weighted by Gasteiger charge is 2.34. The van der Waals surface area contributed by atoms with Gasteiger partial charge in [0.25, 0.3) is 0 Å². The zero-order chi connectivity index (χ0) is 20.3. The van der Waals surface area contributed by atoms with Gasteiger partial charge in [-0.15, -0.1) is 0 Å². The normalized spacial score (nSPS) is 17.9. The Morgan fingerprint density at radius 2 is 1.75 bits per heavy atom. The molecule has 0 spiro atoms. The van der Waals surface area contributed by atoms with E-state index in [-0.39, 0.29) is 23.3 Å². The molecule has 2 aromatic rings. The zero-order valence-electron chi connectivity index (χ0n) is 15.3. The van der Waals surface area contributed by atoms with E-state index in [1.54, 1.807) is 30.3 Å². The lowest BCUT2D eigenvalue weighted by Crippen LogP contribution is -2.46. The first-order valence-corrected chi connectivity index (χ1v) is 8.53. The van der Waals surface area contributed by atoms with Gasteiger partial charge in [0.15, 0.2) is 29.1 Å². The van der Waals surface area contributed by atoms with Crippen molar-refractivity contribution in [2.45, 2.75) is 26.2 Å². The van der Waals surface area contributed by atoms with Gasteiger partial charge in [-0.1, -0.05) is 12.1 Å². The molecule has 0 bridgehead atoms. The molecule has 0 aliphatic carbocycles. The van der Waals surface area contributed by atoms with Crippen LogP contribution in [-0.4, -0.2) is 28.3 Å². The van der Waals surface area contributed by atoms with E-state index in [4.69, 9.17) is 9.47 Å². The summed E-state index contributed by atoms with van der Waals surface area (Å²) in [6.07, 6.45) is 1.64. The molecular formula is C20H20N2O6. The minimum atomic E-state index is -0.824. The van der Waals surface area contributed by atoms with Crippen LogP contribution in [0.1, 0.15) is 31.1 Å². The van der Waals surface area contributed by atoms with E-state index in [0.29, 0.717) is 17.1 Å². The molecule has 4 N–H and O–H groups in total. The lowest BCUT2D eigenvalue weighted by atomic mass is 10.1. The molecule has 8 nitrogen and oxygen atoms in total. The smallest absolute Gasteiger partial charge is 0.220 e. The van der Waals surface area contributed by atoms with Crippen molar-refractivity contribution in [3.63, 3.8) is 0 Å². The van der Waals surface area contributed by atoms with Crippen molar-refractivity contribution >= 4 is 17.9 Å². The van der Waals surface area contributed by atoms with E-state index in [9.17, 15) is 19.8 Å². The summed E-state index contributed by atoms with van der Waals surface area (Å²) in [5.41, 5.74) is 1.28. The second-order valence-corrected chi connectivity index (χ2v) is 6.27. The quantitative estimate of drug-likeness (QED) is 0.601. The van der Waals surface area contributed by atoms with Gasteiger partial charge in [0.05, 0.1) is 0 Å². The van der Waals surface area contributed by atoms with Gasteiger partial charge in [-0.25, -0.2) is 0 Å². The van der Waals surface area contributed by atoms with Gasteiger partial charge >= 0.3 is 0 Å². The standard InChI is InChI=1S/C20H20N2O6/c1-11(23)21-8-7-13-3-6-17-18(9-13)27-19(20(28-17)22-12(2)24)14-4-5-15(25)16(26)10-14/h3-10,19-20,25-26H,1-2H3,(H,21,23)(H,22,24)/b8-7-/t19-,20+/m1/s1. The molecule has 2 atom stereocenters. The predicted molar refractivity (Wildman–Crippen MR) is 101 cm³/mol. The molecular weight excluding hydrogens is 364 g/mol. The van der Waals surface area contributed by atoms with Crippen molar-refractivity contribution < 1.29 is 29.3 Å². The largest absolute Gasteiger partial charge is 0.504 e. The Morgan fingerprint density at radius 3 is 2.43 bits per heavy atom. The third-order valence-corrected chi connectivity index (χ3v) is 3.99. The number of carbonyl (C=O) groups is 2. The second-order valence-electron chi connectivity index (χ2n) is 6.27. The van der Waals surface area contributed by atoms with Gasteiger partial charge in [-0.05, 0) is 35.9 Å². The van der Waals surface area contributed by atoms with Gasteiger partial charge < -0.3 is 30.3 Å². The number of amides is 2. The molecule has 1 heterocycles. The molecule has 28 heavy (non-hydrogen) atoms. The molecule has 8 heteroatoms. The Balaban J connectivity index is 1.92. The molecule has 3 rings (SSSR count). The molecule has 0 radical (unpaired) electrons. The van der Waals surface area contributed by atoms with Crippen molar-refractivity contribution in [2.24, 2.45) is 0 Å². The van der Waals surface area contributed by atoms with Gasteiger partial charge in [0, 0.05) is 25.6 Å². The average Bonchev–Trinajstić information content (AvgIpc) is 2.63. The number of fused-ring (bicyclic) bond motifs is 1. The van der Waals surface area contributed by atoms with Crippen LogP contribution >= 0.6 is 0 Å². The van der Waals surface area contributed by atoms with Crippen LogP contribution in [0.4, 0.5) is 0 Å². The number of rotatable bonds is 4. The molecule has 1 aliphatic rings. The van der Waals surface area contributed by atoms with Crippen LogP contribution < -0.4 is 20.1 Å². The summed E-state index contributed by atoms with van der Waals surface area (Å²) in [6, 6.07) is 9.46. The van der Waals surface area contributed by atoms with E-state index >= 15 is 0 Å². The Labute approximate surface area is 161 Å². The van der Waals surface area contributed by atoms with Crippen LogP contribution in [0.15, 0.2) is 42.6 Å². The van der Waals surface area contributed by atoms with Crippen LogP contribution in [0.3, 0.4) is 0 Å². The lowest BCUT2D eigenvalue weighted by Gasteiger charge is -2.34. The van der Waals surface area contributed by atoms with Crippen molar-refractivity contribution in [2.75, 3.05) is 0 Å². The number of phenols is 2. The molecule has 1 aliphatic heterocycles. The molecule has 0 unspecified atom stereocenters. The minimum Gasteiger partial charge on any atom is -0.504 e. The number of hydrogen-bond acceptors (Lipinski definition) is 6. The maximum absolute atomic E-state index is 11.6. The average molecular weight is 384 g/mol. The number of carbonyl (C=O) groups excluding carboxylic acids is 2. The maximum Gasteiger partial charge on any atom is 0.220 e. The predicted octanol–water partition coefficient (Wildman–Crippen LogP) is 2.18. The SMILES string of the molecule is CC(=O)N/C=C\c1ccc2c(c1)O[C@H](c1ccc(O)c(O)c1)[C@@H](NC(C)=O)O2. The first-order valence-electron chi connectivity index (χ1n) is 8.53. The van der Waals surface area contributed by atoms with Crippen LogP contribution in [0.2, 0.25) is 0 Å². The van der Waals surface area contributed by atoms with E-state index in [0.717, 1.165) is 5.56 Å². The third kappa shape index (κ3) is 4.35. The lowest BCUT2D eigenvalue weighted by molar-refractivity contribution is -0.124. The molecule has 0 saturated carbocycles. The summed E-state index contributed by atoms with van der Waals surface area (Å²) in [5.74, 6) is -0.180. The van der Waals surface area contributed by atoms with Crippen LogP contribution in [0.5, 0.6) is 23.0 Å². The molecule has 2 amide bonds. The molecule has 0 saturated heterocycles. The van der Waals surface area contributed by atoms with Crippen LogP contribution in [0, 0.1) is 0 Å². The first-order chi connectivity index (χ1) is 13.3. The Kier molecular flexibility index (Phi) is 5.39. The van der Waals surface area contributed by atoms with Crippen LogP contribution in [-0.2, 0) is 9.59 Å². The fourth-order valence-corrected chi connectivity index (χ4v) is 2.74. The minimum absolute atomic E-state index is 0.181. The van der Waals surface area contributed by atoms with E-state index < -0.39 is 12.3 Å². The summed E-state index contributed by atoms with van der Waals surface area (Å²) in [5, 5.41) is 24.6. The summed E-state index contributed by atoms with van der Waals surface area (Å²) < 4.78 is 11.9. The van der Waals surface area contributed by atoms with E-state index in [2.05, 4.69) is 10.6 Å². The summed E-state index contributed by atoms with van der Waals surface area (Å²) in [4.78, 5) is 22.5. The molecule has 146 valence electrons. The second kappa shape index (κ2) is 7.91. The number of aromatic hydroxyl groups is 2. The number of hydrogen-bond donors (Lipinski definition) is 4. The van der Waals surface area contributed by atoms with Crippen molar-refractivity contribution in [3.05, 3.63) is 53.7 Å². The number of phenolic OH excluding ortho intramolecular Hbond substituents is 2. The van der Waals surface area contributed by atoms with E-state index in [1.165, 1.54) is 32.2 Å². The zero-order valence-corrected chi connectivity index (χ0v) is 15.3. The van der Waals surface area contributed by atoms with Crippen LogP contribution in [0.25, 0.3) is 6.08 Å². The van der Waals surface area contributed by atoms with Gasteiger partial charge in [-0.2, -0.15) is 0 Å². The number of ether oxygens (including phenoxy) is 2. The highest BCUT2D eigenvalue weighted by atomic mass is 16.6. The summed E-state index contributed by atoms with van der Waals surface area (Å²) in [6.45, 7) is 2.77. The van der Waals surface area contributed by atoms with Crippen molar-refractivity contribution in [1.29, 1.82) is 0 Å². The molecule has 2 aromatic carbocycles. The van der Waals surface area contributed by atoms with Gasteiger partial charge in [0.2, 0.25) is 18.0 Å².